The van der Waals surface area contributed by atoms with Crippen LogP contribution >= 0.6 is 27.3 Å². The molecule has 1 aliphatic rings. The fraction of sp³-hybridized carbons (Fsp3) is 0.444. The van der Waals surface area contributed by atoms with Gasteiger partial charge < -0.3 is 10.8 Å². The van der Waals surface area contributed by atoms with Gasteiger partial charge in [0.25, 0.3) is 0 Å². The molecule has 1 saturated carbocycles. The summed E-state index contributed by atoms with van der Waals surface area (Å²) < 4.78 is 0.921. The number of nitrogens with two attached hydrogens (primary N) is 1. The quantitative estimate of drug-likeness (QED) is 0.889. The Morgan fingerprint density at radius 3 is 2.64 bits per heavy atom. The number of aliphatic carboxylic acids is 1. The highest BCUT2D eigenvalue weighted by Crippen LogP contribution is 2.46. The lowest BCUT2D eigenvalue weighted by molar-refractivity contribution is -0.144. The number of carboxylic acid groups (broad SMARTS) is 1. The highest BCUT2D eigenvalue weighted by atomic mass is 79.9. The van der Waals surface area contributed by atoms with Crippen LogP contribution < -0.4 is 5.73 Å². The van der Waals surface area contributed by atoms with Crippen LogP contribution in [0.3, 0.4) is 0 Å². The predicted octanol–water partition coefficient (Wildman–Crippen LogP) is 2.16. The summed E-state index contributed by atoms with van der Waals surface area (Å²) in [5.41, 5.74) is 4.80. The van der Waals surface area contributed by atoms with Gasteiger partial charge in [0, 0.05) is 4.88 Å². The van der Waals surface area contributed by atoms with Gasteiger partial charge in [-0.05, 0) is 46.8 Å². The smallest absolute Gasteiger partial charge is 0.329 e. The molecule has 2 rings (SSSR count). The van der Waals surface area contributed by atoms with Crippen molar-refractivity contribution < 1.29 is 9.90 Å². The SMILES string of the molecule is NC(C(=O)O)(c1ccc(Br)s1)C1CC1. The molecule has 1 fully saturated rings. The first-order valence-electron chi connectivity index (χ1n) is 4.33. The molecule has 0 aliphatic heterocycles. The predicted molar refractivity (Wildman–Crippen MR) is 58.2 cm³/mol. The number of halogens is 1. The minimum atomic E-state index is -1.17. The lowest BCUT2D eigenvalue weighted by atomic mass is 9.93. The molecule has 1 atom stereocenters. The maximum absolute atomic E-state index is 11.2. The van der Waals surface area contributed by atoms with E-state index >= 15 is 0 Å². The third kappa shape index (κ3) is 1.49. The number of carboxylic acids is 1. The number of carbonyl (C=O) groups is 1. The van der Waals surface area contributed by atoms with Crippen LogP contribution in [0.1, 0.15) is 17.7 Å². The standard InChI is InChI=1S/C9H10BrNO2S/c10-7-4-3-6(14-7)9(11,8(12)13)5-1-2-5/h3-5H,1-2,11H2,(H,12,13). The second-order valence-electron chi connectivity index (χ2n) is 3.55. The number of rotatable bonds is 3. The highest BCUT2D eigenvalue weighted by Gasteiger charge is 2.50. The second kappa shape index (κ2) is 3.32. The van der Waals surface area contributed by atoms with Crippen molar-refractivity contribution in [3.8, 4) is 0 Å². The van der Waals surface area contributed by atoms with Crippen molar-refractivity contribution in [1.82, 2.24) is 0 Å². The molecular formula is C9H10BrNO2S. The molecule has 14 heavy (non-hydrogen) atoms. The molecule has 76 valence electrons. The molecule has 0 amide bonds. The molecule has 0 bridgehead atoms. The topological polar surface area (TPSA) is 63.3 Å². The van der Waals surface area contributed by atoms with E-state index in [1.807, 2.05) is 6.07 Å². The molecule has 3 N–H and O–H groups in total. The van der Waals surface area contributed by atoms with Crippen LogP contribution in [0.2, 0.25) is 0 Å². The molecule has 0 saturated heterocycles. The molecule has 1 unspecified atom stereocenters. The van der Waals surface area contributed by atoms with Crippen LogP contribution in [0.15, 0.2) is 15.9 Å². The Morgan fingerprint density at radius 1 is 1.64 bits per heavy atom. The zero-order valence-electron chi connectivity index (χ0n) is 7.37. The molecule has 5 heteroatoms. The van der Waals surface area contributed by atoms with Crippen LogP contribution in [0.5, 0.6) is 0 Å². The average Bonchev–Trinajstić information content (AvgIpc) is 2.88. The monoisotopic (exact) mass is 275 g/mol. The molecule has 3 nitrogen and oxygen atoms in total. The van der Waals surface area contributed by atoms with Crippen LogP contribution in [-0.2, 0) is 10.3 Å². The van der Waals surface area contributed by atoms with Gasteiger partial charge in [0.2, 0.25) is 0 Å². The van der Waals surface area contributed by atoms with E-state index in [-0.39, 0.29) is 5.92 Å². The van der Waals surface area contributed by atoms with Crippen molar-refractivity contribution in [3.63, 3.8) is 0 Å². The van der Waals surface area contributed by atoms with Gasteiger partial charge >= 0.3 is 5.97 Å². The fourth-order valence-corrected chi connectivity index (χ4v) is 3.12. The molecule has 1 aromatic heterocycles. The zero-order chi connectivity index (χ0) is 10.3. The Morgan fingerprint density at radius 2 is 2.29 bits per heavy atom. The lowest BCUT2D eigenvalue weighted by Crippen LogP contribution is -2.46. The Labute approximate surface area is 94.1 Å². The van der Waals surface area contributed by atoms with Crippen molar-refractivity contribution in [3.05, 3.63) is 20.8 Å². The summed E-state index contributed by atoms with van der Waals surface area (Å²) in [7, 11) is 0. The number of hydrogen-bond donors (Lipinski definition) is 2. The first kappa shape index (κ1) is 10.1. The molecular weight excluding hydrogens is 266 g/mol. The molecule has 0 aromatic carbocycles. The maximum Gasteiger partial charge on any atom is 0.329 e. The zero-order valence-corrected chi connectivity index (χ0v) is 9.77. The largest absolute Gasteiger partial charge is 0.480 e. The number of thiophene rings is 1. The molecule has 1 aliphatic carbocycles. The Hall–Kier alpha value is -0.390. The molecule has 1 heterocycles. The van der Waals surface area contributed by atoms with Crippen LogP contribution in [-0.4, -0.2) is 11.1 Å². The van der Waals surface area contributed by atoms with Gasteiger partial charge in [-0.25, -0.2) is 4.79 Å². The van der Waals surface area contributed by atoms with Crippen molar-refractivity contribution in [2.45, 2.75) is 18.4 Å². The highest BCUT2D eigenvalue weighted by molar-refractivity contribution is 9.11. The fourth-order valence-electron chi connectivity index (χ4n) is 1.56. The van der Waals surface area contributed by atoms with Gasteiger partial charge in [-0.15, -0.1) is 11.3 Å². The van der Waals surface area contributed by atoms with Gasteiger partial charge in [-0.3, -0.25) is 0 Å². The van der Waals surface area contributed by atoms with Crippen LogP contribution in [0.4, 0.5) is 0 Å². The molecule has 1 aromatic rings. The van der Waals surface area contributed by atoms with Crippen LogP contribution in [0.25, 0.3) is 0 Å². The first-order chi connectivity index (χ1) is 6.55. The van der Waals surface area contributed by atoms with E-state index in [4.69, 9.17) is 5.73 Å². The van der Waals surface area contributed by atoms with E-state index < -0.39 is 11.5 Å². The summed E-state index contributed by atoms with van der Waals surface area (Å²) in [5.74, 6) is -0.820. The minimum Gasteiger partial charge on any atom is -0.480 e. The van der Waals surface area contributed by atoms with E-state index in [1.54, 1.807) is 6.07 Å². The maximum atomic E-state index is 11.2. The van der Waals surface area contributed by atoms with Gasteiger partial charge in [0.05, 0.1) is 3.79 Å². The van der Waals surface area contributed by atoms with E-state index in [1.165, 1.54) is 11.3 Å². The molecule has 0 spiro atoms. The van der Waals surface area contributed by atoms with Gasteiger partial charge in [0.1, 0.15) is 0 Å². The van der Waals surface area contributed by atoms with E-state index in [0.29, 0.717) is 0 Å². The molecule has 0 radical (unpaired) electrons. The second-order valence-corrected chi connectivity index (χ2v) is 6.02. The van der Waals surface area contributed by atoms with Crippen molar-refractivity contribution in [2.75, 3.05) is 0 Å². The van der Waals surface area contributed by atoms with Crippen molar-refractivity contribution in [1.29, 1.82) is 0 Å². The van der Waals surface area contributed by atoms with Crippen LogP contribution in [0, 0.1) is 5.92 Å². The summed E-state index contributed by atoms with van der Waals surface area (Å²) in [4.78, 5) is 11.9. The van der Waals surface area contributed by atoms with Gasteiger partial charge in [0.15, 0.2) is 5.54 Å². The van der Waals surface area contributed by atoms with Crippen molar-refractivity contribution in [2.24, 2.45) is 11.7 Å². The summed E-state index contributed by atoms with van der Waals surface area (Å²) in [6.45, 7) is 0. The van der Waals surface area contributed by atoms with E-state index in [2.05, 4.69) is 15.9 Å². The third-order valence-corrected chi connectivity index (χ3v) is 4.33. The summed E-state index contributed by atoms with van der Waals surface area (Å²) >= 11 is 4.72. The third-order valence-electron chi connectivity index (χ3n) is 2.56. The Balaban J connectivity index is 2.40. The normalized spacial score (nSPS) is 20.4. The Kier molecular flexibility index (Phi) is 2.41. The van der Waals surface area contributed by atoms with Gasteiger partial charge in [-0.2, -0.15) is 0 Å². The summed E-state index contributed by atoms with van der Waals surface area (Å²) in [5, 5.41) is 9.17. The summed E-state index contributed by atoms with van der Waals surface area (Å²) in [6, 6.07) is 3.63. The number of hydrogen-bond acceptors (Lipinski definition) is 3. The Bertz CT molecular complexity index is 375. The first-order valence-corrected chi connectivity index (χ1v) is 5.94. The van der Waals surface area contributed by atoms with E-state index in [9.17, 15) is 9.90 Å². The lowest BCUT2D eigenvalue weighted by Gasteiger charge is -2.22. The van der Waals surface area contributed by atoms with Crippen molar-refractivity contribution >= 4 is 33.2 Å². The van der Waals surface area contributed by atoms with Gasteiger partial charge in [-0.1, -0.05) is 0 Å². The average molecular weight is 276 g/mol. The van der Waals surface area contributed by atoms with E-state index in [0.717, 1.165) is 21.5 Å². The minimum absolute atomic E-state index is 0.102. The summed E-state index contributed by atoms with van der Waals surface area (Å²) in [6.07, 6.45) is 1.83.